The number of aromatic nitrogens is 4. The molecular weight excluding hydrogens is 534 g/mol. The molecule has 3 heterocycles. The van der Waals surface area contributed by atoms with Gasteiger partial charge in [0, 0.05) is 62.1 Å². The number of pyridine rings is 1. The molecule has 0 radical (unpaired) electrons. The summed E-state index contributed by atoms with van der Waals surface area (Å²) >= 11 is 0. The van der Waals surface area contributed by atoms with Crippen LogP contribution < -0.4 is 21.7 Å². The van der Waals surface area contributed by atoms with Gasteiger partial charge < -0.3 is 26.8 Å². The van der Waals surface area contributed by atoms with E-state index >= 15 is 0 Å². The number of nitrogens with two attached hydrogens (primary N) is 1. The second-order valence-electron chi connectivity index (χ2n) is 9.86. The van der Waals surface area contributed by atoms with E-state index in [1.54, 1.807) is 36.7 Å². The molecule has 13 nitrogen and oxygen atoms in total. The van der Waals surface area contributed by atoms with E-state index < -0.39 is 21.7 Å². The van der Waals surface area contributed by atoms with Crippen molar-refractivity contribution in [1.82, 2.24) is 23.9 Å². The van der Waals surface area contributed by atoms with Crippen LogP contribution in [0.3, 0.4) is 0 Å². The van der Waals surface area contributed by atoms with Gasteiger partial charge in [0.2, 0.25) is 10.0 Å². The van der Waals surface area contributed by atoms with Crippen LogP contribution in [0, 0.1) is 0 Å². The molecule has 1 aromatic carbocycles. The second-order valence-corrected chi connectivity index (χ2v) is 12.0. The van der Waals surface area contributed by atoms with Gasteiger partial charge in [-0.1, -0.05) is 0 Å². The smallest absolute Gasteiger partial charge is 0.276 e. The molecule has 210 valence electrons. The molecule has 0 spiro atoms. The van der Waals surface area contributed by atoms with Crippen LogP contribution in [-0.2, 0) is 10.0 Å². The highest BCUT2D eigenvalue weighted by Gasteiger charge is 2.23. The first-order valence-corrected chi connectivity index (χ1v) is 14.2. The lowest BCUT2D eigenvalue weighted by atomic mass is 9.92. The molecule has 4 aromatic rings. The van der Waals surface area contributed by atoms with E-state index in [-0.39, 0.29) is 22.7 Å². The number of hydrogen-bond donors (Lipinski definition) is 5. The highest BCUT2D eigenvalue weighted by molar-refractivity contribution is 7.89. The number of nitrogens with zero attached hydrogens (tertiary/aromatic N) is 5. The lowest BCUT2D eigenvalue weighted by Crippen LogP contribution is -2.33. The summed E-state index contributed by atoms with van der Waals surface area (Å²) in [4.78, 5) is 21.3. The van der Waals surface area contributed by atoms with Crippen molar-refractivity contribution < 1.29 is 18.3 Å². The number of benzene rings is 1. The first-order chi connectivity index (χ1) is 19.1. The first-order valence-electron chi connectivity index (χ1n) is 12.8. The highest BCUT2D eigenvalue weighted by Crippen LogP contribution is 2.31. The largest absolute Gasteiger partial charge is 0.506 e. The number of phenolic OH excluding ortho intramolecular Hbond substituents is 1. The third-order valence-electron chi connectivity index (χ3n) is 6.76. The van der Waals surface area contributed by atoms with Crippen molar-refractivity contribution in [2.75, 3.05) is 30.0 Å². The van der Waals surface area contributed by atoms with Crippen molar-refractivity contribution in [3.63, 3.8) is 0 Å². The maximum Gasteiger partial charge on any atom is 0.276 e. The molecule has 3 aromatic heterocycles. The van der Waals surface area contributed by atoms with Crippen molar-refractivity contribution in [2.45, 2.75) is 42.7 Å². The molecule has 14 heteroatoms. The Bertz CT molecular complexity index is 1630. The number of rotatable bonds is 8. The lowest BCUT2D eigenvalue weighted by molar-refractivity contribution is 0.102. The minimum Gasteiger partial charge on any atom is -0.506 e. The zero-order chi connectivity index (χ0) is 28.4. The molecule has 0 unspecified atom stereocenters. The van der Waals surface area contributed by atoms with E-state index in [1.165, 1.54) is 36.9 Å². The third kappa shape index (κ3) is 5.68. The topological polar surface area (TPSA) is 180 Å². The second kappa shape index (κ2) is 11.1. The molecule has 1 fully saturated rings. The summed E-state index contributed by atoms with van der Waals surface area (Å²) in [6.45, 7) is 0. The number of carbonyl (C=O) groups excluding carboxylic acids is 1. The molecule has 6 N–H and O–H groups in total. The van der Waals surface area contributed by atoms with Crippen LogP contribution in [0.15, 0.2) is 59.9 Å². The van der Waals surface area contributed by atoms with Gasteiger partial charge in [-0.2, -0.15) is 0 Å². The Hall–Kier alpha value is -4.27. The van der Waals surface area contributed by atoms with Crippen LogP contribution in [-0.4, -0.2) is 69.5 Å². The Labute approximate surface area is 231 Å². The number of hydrogen-bond acceptors (Lipinski definition) is 10. The van der Waals surface area contributed by atoms with E-state index in [4.69, 9.17) is 5.73 Å². The van der Waals surface area contributed by atoms with Gasteiger partial charge in [-0.3, -0.25) is 9.78 Å². The van der Waals surface area contributed by atoms with Crippen LogP contribution in [0.4, 0.5) is 22.9 Å². The monoisotopic (exact) mass is 565 g/mol. The predicted molar refractivity (Wildman–Crippen MR) is 151 cm³/mol. The van der Waals surface area contributed by atoms with Gasteiger partial charge in [-0.25, -0.2) is 22.2 Å². The predicted octanol–water partition coefficient (Wildman–Crippen LogP) is 2.76. The molecule has 0 saturated heterocycles. The van der Waals surface area contributed by atoms with Gasteiger partial charge >= 0.3 is 0 Å². The van der Waals surface area contributed by atoms with Gasteiger partial charge in [0.25, 0.3) is 5.91 Å². The van der Waals surface area contributed by atoms with Crippen LogP contribution in [0.1, 0.15) is 36.2 Å². The third-order valence-corrected chi connectivity index (χ3v) is 8.62. The molecule has 0 bridgehead atoms. The lowest BCUT2D eigenvalue weighted by Gasteiger charge is -2.27. The zero-order valence-electron chi connectivity index (χ0n) is 22.1. The van der Waals surface area contributed by atoms with Gasteiger partial charge in [0.15, 0.2) is 11.3 Å². The van der Waals surface area contributed by atoms with Crippen LogP contribution >= 0.6 is 0 Å². The number of amides is 1. The molecule has 0 atom stereocenters. The molecule has 1 amide bonds. The number of fused-ring (bicyclic) bond motifs is 1. The number of aromatic hydroxyl groups is 1. The fraction of sp³-hybridized carbons (Fsp3) is 0.308. The molecule has 5 rings (SSSR count). The number of sulfonamides is 1. The van der Waals surface area contributed by atoms with E-state index in [2.05, 4.69) is 31.0 Å². The molecule has 40 heavy (non-hydrogen) atoms. The van der Waals surface area contributed by atoms with Crippen molar-refractivity contribution in [3.05, 3.63) is 60.7 Å². The number of imidazole rings is 1. The number of carbonyl (C=O) groups is 1. The van der Waals surface area contributed by atoms with E-state index in [0.717, 1.165) is 30.0 Å². The van der Waals surface area contributed by atoms with Crippen LogP contribution in [0.5, 0.6) is 5.75 Å². The summed E-state index contributed by atoms with van der Waals surface area (Å²) in [6.07, 6.45) is 8.16. The van der Waals surface area contributed by atoms with Crippen molar-refractivity contribution in [2.24, 2.45) is 5.73 Å². The summed E-state index contributed by atoms with van der Waals surface area (Å²) in [7, 11) is -1.04. The Morgan fingerprint density at radius 1 is 1.07 bits per heavy atom. The van der Waals surface area contributed by atoms with E-state index in [1.807, 2.05) is 0 Å². The Balaban J connectivity index is 1.51. The Morgan fingerprint density at radius 2 is 1.80 bits per heavy atom. The number of phenols is 1. The average Bonchev–Trinajstić information content (AvgIpc) is 3.35. The van der Waals surface area contributed by atoms with E-state index in [0.29, 0.717) is 28.5 Å². The van der Waals surface area contributed by atoms with E-state index in [9.17, 15) is 18.3 Å². The minimum atomic E-state index is -3.83. The van der Waals surface area contributed by atoms with Gasteiger partial charge in [-0.15, -0.1) is 5.10 Å². The van der Waals surface area contributed by atoms with Gasteiger partial charge in [0.05, 0.1) is 11.9 Å². The Morgan fingerprint density at radius 3 is 2.48 bits per heavy atom. The summed E-state index contributed by atoms with van der Waals surface area (Å²) in [5.74, 6) is -0.294. The van der Waals surface area contributed by atoms with Crippen molar-refractivity contribution in [1.29, 1.82) is 0 Å². The summed E-state index contributed by atoms with van der Waals surface area (Å²) in [6, 6.07) is 9.66. The standard InChI is InChI=1S/C26H31N9O4S/c1-34(2)40(38,39)23-8-7-19(13-22(23)36)30-20-14-24(31-17-5-3-16(27)4-6-17)33-35-21(15-29-25(20)35)26(37)32-18-9-11-28-12-10-18/h7-17,30,36H,3-6,27H2,1-2H3,(H,31,33)(H,28,32,37)/t16-,17-. The fourth-order valence-corrected chi connectivity index (χ4v) is 5.51. The van der Waals surface area contributed by atoms with Gasteiger partial charge in [0.1, 0.15) is 16.5 Å². The minimum absolute atomic E-state index is 0.162. The average molecular weight is 566 g/mol. The van der Waals surface area contributed by atoms with Gasteiger partial charge in [-0.05, 0) is 49.9 Å². The molecule has 1 aliphatic carbocycles. The Kier molecular flexibility index (Phi) is 7.56. The maximum absolute atomic E-state index is 13.1. The van der Waals surface area contributed by atoms with Crippen molar-refractivity contribution >= 4 is 44.5 Å². The number of anilines is 4. The quantitative estimate of drug-likeness (QED) is 0.213. The normalized spacial score (nSPS) is 17.6. The molecule has 1 aliphatic rings. The SMILES string of the molecule is CN(C)S(=O)(=O)c1ccc(Nc2cc(N[C@H]3CC[C@H](N)CC3)nn3c(C(=O)Nc4ccncc4)cnc23)cc1O. The van der Waals surface area contributed by atoms with Crippen molar-refractivity contribution in [3.8, 4) is 5.75 Å². The molecular formula is C26H31N9O4S. The van der Waals surface area contributed by atoms with Crippen LogP contribution in [0.25, 0.3) is 5.65 Å². The summed E-state index contributed by atoms with van der Waals surface area (Å²) < 4.78 is 27.5. The molecule has 1 saturated carbocycles. The fourth-order valence-electron chi connectivity index (χ4n) is 4.55. The highest BCUT2D eigenvalue weighted by atomic mass is 32.2. The molecule has 0 aliphatic heterocycles. The first kappa shape index (κ1) is 27.3. The maximum atomic E-state index is 13.1. The summed E-state index contributed by atoms with van der Waals surface area (Å²) in [5, 5.41) is 24.6. The number of nitrogens with one attached hydrogen (secondary N) is 3. The zero-order valence-corrected chi connectivity index (χ0v) is 22.9. The summed E-state index contributed by atoms with van der Waals surface area (Å²) in [5.41, 5.74) is 8.13. The van der Waals surface area contributed by atoms with Crippen LogP contribution in [0.2, 0.25) is 0 Å².